The third-order valence-electron chi connectivity index (χ3n) is 5.09. The summed E-state index contributed by atoms with van der Waals surface area (Å²) >= 11 is 0. The number of benzene rings is 4. The van der Waals surface area contributed by atoms with E-state index in [-0.39, 0.29) is 5.95 Å². The highest BCUT2D eigenvalue weighted by Crippen LogP contribution is 2.32. The van der Waals surface area contributed by atoms with Crippen LogP contribution in [0.25, 0.3) is 45.0 Å². The SMILES string of the molecule is Nc1nc(-c2ccccc2)nc(-c2cc(-c3ccccc3)cc(-c3ccccc3)c2)n1. The highest BCUT2D eigenvalue weighted by atomic mass is 15.1. The summed E-state index contributed by atoms with van der Waals surface area (Å²) in [4.78, 5) is 13.5. The molecule has 4 nitrogen and oxygen atoms in total. The molecule has 4 heteroatoms. The standard InChI is InChI=1S/C27H20N4/c28-27-30-25(21-14-8-3-9-15-21)29-26(31-27)24-17-22(19-10-4-1-5-11-19)16-23(18-24)20-12-6-2-7-13-20/h1-18H,(H2,28,29,30,31). The van der Waals surface area contributed by atoms with Gasteiger partial charge in [0.25, 0.3) is 0 Å². The second-order valence-corrected chi connectivity index (χ2v) is 7.24. The summed E-state index contributed by atoms with van der Waals surface area (Å²) in [7, 11) is 0. The number of rotatable bonds is 4. The van der Waals surface area contributed by atoms with Crippen molar-refractivity contribution in [3.05, 3.63) is 109 Å². The van der Waals surface area contributed by atoms with Crippen molar-refractivity contribution in [2.75, 3.05) is 5.73 Å². The van der Waals surface area contributed by atoms with E-state index < -0.39 is 0 Å². The van der Waals surface area contributed by atoms with E-state index in [2.05, 4.69) is 52.4 Å². The molecule has 0 radical (unpaired) electrons. The normalized spacial score (nSPS) is 10.7. The van der Waals surface area contributed by atoms with Crippen LogP contribution >= 0.6 is 0 Å². The molecule has 148 valence electrons. The van der Waals surface area contributed by atoms with Gasteiger partial charge in [-0.05, 0) is 40.5 Å². The van der Waals surface area contributed by atoms with Crippen molar-refractivity contribution in [2.45, 2.75) is 0 Å². The first-order valence-electron chi connectivity index (χ1n) is 10.1. The number of hydrogen-bond acceptors (Lipinski definition) is 4. The van der Waals surface area contributed by atoms with Gasteiger partial charge in [-0.2, -0.15) is 9.97 Å². The van der Waals surface area contributed by atoms with Crippen LogP contribution in [0.4, 0.5) is 5.95 Å². The van der Waals surface area contributed by atoms with Crippen molar-refractivity contribution in [1.82, 2.24) is 15.0 Å². The summed E-state index contributed by atoms with van der Waals surface area (Å²) in [6.07, 6.45) is 0. The highest BCUT2D eigenvalue weighted by Gasteiger charge is 2.12. The molecule has 5 aromatic rings. The first kappa shape index (κ1) is 18.7. The molecule has 0 aliphatic carbocycles. The van der Waals surface area contributed by atoms with E-state index in [1.54, 1.807) is 0 Å². The van der Waals surface area contributed by atoms with Gasteiger partial charge in [0.15, 0.2) is 11.6 Å². The number of anilines is 1. The summed E-state index contributed by atoms with van der Waals surface area (Å²) in [5.41, 5.74) is 12.3. The van der Waals surface area contributed by atoms with Gasteiger partial charge >= 0.3 is 0 Å². The molecule has 1 heterocycles. The van der Waals surface area contributed by atoms with Gasteiger partial charge in [-0.1, -0.05) is 91.0 Å². The van der Waals surface area contributed by atoms with Gasteiger partial charge in [0.2, 0.25) is 5.95 Å². The van der Waals surface area contributed by atoms with Crippen LogP contribution in [0.5, 0.6) is 0 Å². The molecule has 0 spiro atoms. The zero-order chi connectivity index (χ0) is 21.0. The molecule has 0 atom stereocenters. The highest BCUT2D eigenvalue weighted by molar-refractivity contribution is 5.80. The number of nitrogens with zero attached hydrogens (tertiary/aromatic N) is 3. The first-order valence-corrected chi connectivity index (χ1v) is 10.1. The summed E-state index contributed by atoms with van der Waals surface area (Å²) < 4.78 is 0. The fraction of sp³-hybridized carbons (Fsp3) is 0. The average molecular weight is 400 g/mol. The van der Waals surface area contributed by atoms with Gasteiger partial charge in [0.1, 0.15) is 0 Å². The van der Waals surface area contributed by atoms with Crippen LogP contribution < -0.4 is 5.73 Å². The Labute approximate surface area is 181 Å². The van der Waals surface area contributed by atoms with Crippen molar-refractivity contribution < 1.29 is 0 Å². The lowest BCUT2D eigenvalue weighted by atomic mass is 9.96. The van der Waals surface area contributed by atoms with Gasteiger partial charge in [-0.15, -0.1) is 0 Å². The lowest BCUT2D eigenvalue weighted by Gasteiger charge is -2.11. The molecule has 4 aromatic carbocycles. The van der Waals surface area contributed by atoms with E-state index in [1.165, 1.54) is 0 Å². The van der Waals surface area contributed by atoms with Crippen LogP contribution in [0, 0.1) is 0 Å². The van der Waals surface area contributed by atoms with E-state index in [0.29, 0.717) is 11.6 Å². The maximum absolute atomic E-state index is 6.07. The summed E-state index contributed by atoms with van der Waals surface area (Å²) in [6, 6.07) is 36.8. The molecule has 0 unspecified atom stereocenters. The topological polar surface area (TPSA) is 64.7 Å². The lowest BCUT2D eigenvalue weighted by Crippen LogP contribution is -2.02. The van der Waals surface area contributed by atoms with E-state index in [1.807, 2.05) is 66.7 Å². The van der Waals surface area contributed by atoms with Gasteiger partial charge in [0.05, 0.1) is 0 Å². The van der Waals surface area contributed by atoms with E-state index in [9.17, 15) is 0 Å². The smallest absolute Gasteiger partial charge is 0.224 e. The quantitative estimate of drug-likeness (QED) is 0.395. The Morgan fingerprint density at radius 2 is 0.774 bits per heavy atom. The minimum absolute atomic E-state index is 0.204. The molecule has 0 saturated heterocycles. The predicted molar refractivity (Wildman–Crippen MR) is 126 cm³/mol. The fourth-order valence-corrected chi connectivity index (χ4v) is 3.59. The van der Waals surface area contributed by atoms with Crippen LogP contribution in [0.15, 0.2) is 109 Å². The van der Waals surface area contributed by atoms with Crippen molar-refractivity contribution in [2.24, 2.45) is 0 Å². The Morgan fingerprint density at radius 1 is 0.387 bits per heavy atom. The zero-order valence-corrected chi connectivity index (χ0v) is 16.8. The Morgan fingerprint density at radius 3 is 1.26 bits per heavy atom. The number of aromatic nitrogens is 3. The largest absolute Gasteiger partial charge is 0.368 e. The van der Waals surface area contributed by atoms with Crippen LogP contribution in [-0.2, 0) is 0 Å². The van der Waals surface area contributed by atoms with Gasteiger partial charge in [-0.3, -0.25) is 0 Å². The summed E-state index contributed by atoms with van der Waals surface area (Å²) in [5, 5.41) is 0. The predicted octanol–water partition coefficient (Wildman–Crippen LogP) is 6.12. The van der Waals surface area contributed by atoms with E-state index in [4.69, 9.17) is 10.7 Å². The van der Waals surface area contributed by atoms with Gasteiger partial charge in [-0.25, -0.2) is 4.98 Å². The van der Waals surface area contributed by atoms with Crippen molar-refractivity contribution >= 4 is 5.95 Å². The monoisotopic (exact) mass is 400 g/mol. The van der Waals surface area contributed by atoms with E-state index >= 15 is 0 Å². The molecule has 0 aliphatic rings. The van der Waals surface area contributed by atoms with Crippen molar-refractivity contribution in [1.29, 1.82) is 0 Å². The lowest BCUT2D eigenvalue weighted by molar-refractivity contribution is 1.08. The van der Waals surface area contributed by atoms with Crippen molar-refractivity contribution in [3.63, 3.8) is 0 Å². The number of nitrogen functional groups attached to an aromatic ring is 1. The van der Waals surface area contributed by atoms with Gasteiger partial charge in [0, 0.05) is 11.1 Å². The molecule has 0 aliphatic heterocycles. The Balaban J connectivity index is 1.70. The first-order chi connectivity index (χ1) is 15.3. The maximum Gasteiger partial charge on any atom is 0.224 e. The molecule has 2 N–H and O–H groups in total. The Hall–Kier alpha value is -4.31. The van der Waals surface area contributed by atoms with E-state index in [0.717, 1.165) is 33.4 Å². The van der Waals surface area contributed by atoms with Crippen LogP contribution in [0.2, 0.25) is 0 Å². The van der Waals surface area contributed by atoms with Crippen molar-refractivity contribution in [3.8, 4) is 45.0 Å². The third-order valence-corrected chi connectivity index (χ3v) is 5.09. The van der Waals surface area contributed by atoms with Crippen LogP contribution in [0.3, 0.4) is 0 Å². The number of hydrogen-bond donors (Lipinski definition) is 1. The number of nitrogens with two attached hydrogens (primary N) is 1. The molecular weight excluding hydrogens is 380 g/mol. The minimum Gasteiger partial charge on any atom is -0.368 e. The Kier molecular flexibility index (Phi) is 4.95. The van der Waals surface area contributed by atoms with Gasteiger partial charge < -0.3 is 5.73 Å². The molecular formula is C27H20N4. The third kappa shape index (κ3) is 4.05. The molecule has 0 bridgehead atoms. The molecule has 0 saturated carbocycles. The molecule has 0 amide bonds. The minimum atomic E-state index is 0.204. The van der Waals surface area contributed by atoms with Crippen LogP contribution in [-0.4, -0.2) is 15.0 Å². The second kappa shape index (κ2) is 8.20. The molecule has 1 aromatic heterocycles. The maximum atomic E-state index is 6.07. The van der Waals surface area contributed by atoms with Crippen LogP contribution in [0.1, 0.15) is 0 Å². The second-order valence-electron chi connectivity index (χ2n) is 7.24. The molecule has 5 rings (SSSR count). The molecule has 31 heavy (non-hydrogen) atoms. The summed E-state index contributed by atoms with van der Waals surface area (Å²) in [6.45, 7) is 0. The average Bonchev–Trinajstić information content (AvgIpc) is 2.85. The fourth-order valence-electron chi connectivity index (χ4n) is 3.59. The Bertz CT molecular complexity index is 1260. The molecule has 0 fully saturated rings. The summed E-state index contributed by atoms with van der Waals surface area (Å²) in [5.74, 6) is 1.33. The zero-order valence-electron chi connectivity index (χ0n) is 16.8.